The van der Waals surface area contributed by atoms with Crippen molar-refractivity contribution < 1.29 is 19.1 Å². The van der Waals surface area contributed by atoms with Crippen LogP contribution in [0.1, 0.15) is 37.5 Å². The van der Waals surface area contributed by atoms with Crippen molar-refractivity contribution in [3.8, 4) is 11.5 Å². The number of carbonyl (C=O) groups is 2. The molecule has 6 heteroatoms. The van der Waals surface area contributed by atoms with Crippen LogP contribution in [0.15, 0.2) is 78.9 Å². The second kappa shape index (κ2) is 12.2. The minimum atomic E-state index is -0.710. The standard InChI is InChI=1S/C30H36N2O4/c1-22-11-9-10-14-24(22)20-32(28(33)21-36-26-17-15-25(35-5)16-18-26)27(29(34)31-30(2,3)4)19-23-12-7-6-8-13-23/h6-18,27H,19-21H2,1-5H3,(H,31,34)/t27-/m0/s1. The van der Waals surface area contributed by atoms with Gasteiger partial charge in [-0.2, -0.15) is 0 Å². The molecule has 0 aromatic heterocycles. The summed E-state index contributed by atoms with van der Waals surface area (Å²) in [5, 5.41) is 3.07. The van der Waals surface area contributed by atoms with Gasteiger partial charge >= 0.3 is 0 Å². The van der Waals surface area contributed by atoms with Gasteiger partial charge in [0, 0.05) is 18.5 Å². The summed E-state index contributed by atoms with van der Waals surface area (Å²) in [6.07, 6.45) is 0.392. The van der Waals surface area contributed by atoms with Crippen molar-refractivity contribution in [1.29, 1.82) is 0 Å². The normalized spacial score (nSPS) is 11.9. The average molecular weight is 489 g/mol. The number of carbonyl (C=O) groups excluding carboxylic acids is 2. The first-order valence-electron chi connectivity index (χ1n) is 12.1. The molecule has 1 N–H and O–H groups in total. The number of nitrogens with zero attached hydrogens (tertiary/aromatic N) is 1. The van der Waals surface area contributed by atoms with Gasteiger partial charge in [0.2, 0.25) is 5.91 Å². The van der Waals surface area contributed by atoms with Gasteiger partial charge < -0.3 is 19.7 Å². The minimum absolute atomic E-state index is 0.188. The van der Waals surface area contributed by atoms with Crippen molar-refractivity contribution in [2.45, 2.75) is 52.2 Å². The third-order valence-corrected chi connectivity index (χ3v) is 5.79. The van der Waals surface area contributed by atoms with E-state index >= 15 is 0 Å². The third kappa shape index (κ3) is 7.87. The zero-order valence-corrected chi connectivity index (χ0v) is 21.8. The third-order valence-electron chi connectivity index (χ3n) is 5.79. The number of rotatable bonds is 10. The molecule has 0 aliphatic carbocycles. The first kappa shape index (κ1) is 26.8. The van der Waals surface area contributed by atoms with E-state index < -0.39 is 11.6 Å². The smallest absolute Gasteiger partial charge is 0.261 e. The molecular formula is C30H36N2O4. The van der Waals surface area contributed by atoms with Crippen LogP contribution in [0.3, 0.4) is 0 Å². The lowest BCUT2D eigenvalue weighted by Crippen LogP contribution is -2.55. The van der Waals surface area contributed by atoms with E-state index in [1.165, 1.54) is 0 Å². The molecule has 190 valence electrons. The van der Waals surface area contributed by atoms with E-state index in [4.69, 9.17) is 9.47 Å². The van der Waals surface area contributed by atoms with Crippen molar-refractivity contribution in [1.82, 2.24) is 10.2 Å². The Kier molecular flexibility index (Phi) is 9.12. The van der Waals surface area contributed by atoms with Crippen LogP contribution in [0.5, 0.6) is 11.5 Å². The second-order valence-corrected chi connectivity index (χ2v) is 9.86. The van der Waals surface area contributed by atoms with Gasteiger partial charge in [0.05, 0.1) is 7.11 Å². The summed E-state index contributed by atoms with van der Waals surface area (Å²) in [4.78, 5) is 28.9. The highest BCUT2D eigenvalue weighted by molar-refractivity contribution is 5.89. The number of hydrogen-bond acceptors (Lipinski definition) is 4. The molecule has 6 nitrogen and oxygen atoms in total. The second-order valence-electron chi connectivity index (χ2n) is 9.86. The van der Waals surface area contributed by atoms with E-state index in [9.17, 15) is 9.59 Å². The summed E-state index contributed by atoms with van der Waals surface area (Å²) in [6, 6.07) is 24.0. The van der Waals surface area contributed by atoms with E-state index in [0.717, 1.165) is 16.7 Å². The molecule has 0 spiro atoms. The van der Waals surface area contributed by atoms with Gasteiger partial charge in [-0.25, -0.2) is 0 Å². The maximum atomic E-state index is 13.7. The summed E-state index contributed by atoms with van der Waals surface area (Å²) < 4.78 is 11.0. The number of aryl methyl sites for hydroxylation is 1. The minimum Gasteiger partial charge on any atom is -0.497 e. The van der Waals surface area contributed by atoms with Crippen LogP contribution in [0.4, 0.5) is 0 Å². The molecule has 0 heterocycles. The first-order chi connectivity index (χ1) is 17.2. The number of hydrogen-bond donors (Lipinski definition) is 1. The lowest BCUT2D eigenvalue weighted by molar-refractivity contribution is -0.143. The fourth-order valence-electron chi connectivity index (χ4n) is 3.88. The van der Waals surface area contributed by atoms with Crippen LogP contribution in [0, 0.1) is 6.92 Å². The van der Waals surface area contributed by atoms with E-state index in [0.29, 0.717) is 24.5 Å². The molecule has 0 saturated heterocycles. The van der Waals surface area contributed by atoms with E-state index in [1.54, 1.807) is 36.3 Å². The molecule has 0 aliphatic rings. The molecule has 1 atom stereocenters. The summed E-state index contributed by atoms with van der Waals surface area (Å²) in [5.41, 5.74) is 2.58. The maximum Gasteiger partial charge on any atom is 0.261 e. The topological polar surface area (TPSA) is 67.9 Å². The van der Waals surface area contributed by atoms with Crippen LogP contribution in [-0.4, -0.2) is 42.0 Å². The molecule has 2 amide bonds. The number of amides is 2. The Morgan fingerprint density at radius 2 is 1.50 bits per heavy atom. The zero-order chi connectivity index (χ0) is 26.1. The lowest BCUT2D eigenvalue weighted by atomic mass is 10.00. The van der Waals surface area contributed by atoms with Crippen molar-refractivity contribution in [2.75, 3.05) is 13.7 Å². The van der Waals surface area contributed by atoms with E-state index in [1.807, 2.05) is 82.3 Å². The molecule has 3 rings (SSSR count). The van der Waals surface area contributed by atoms with Gasteiger partial charge in [0.25, 0.3) is 5.91 Å². The Balaban J connectivity index is 1.92. The zero-order valence-electron chi connectivity index (χ0n) is 21.8. The van der Waals surface area contributed by atoms with Crippen LogP contribution < -0.4 is 14.8 Å². The SMILES string of the molecule is COc1ccc(OCC(=O)N(Cc2ccccc2C)[C@@H](Cc2ccccc2)C(=O)NC(C)(C)C)cc1. The van der Waals surface area contributed by atoms with Crippen LogP contribution >= 0.6 is 0 Å². The number of methoxy groups -OCH3 is 1. The van der Waals surface area contributed by atoms with Crippen molar-refractivity contribution in [2.24, 2.45) is 0 Å². The van der Waals surface area contributed by atoms with Gasteiger partial charge in [-0.15, -0.1) is 0 Å². The molecule has 0 aliphatic heterocycles. The van der Waals surface area contributed by atoms with Gasteiger partial charge in [0.1, 0.15) is 17.5 Å². The highest BCUT2D eigenvalue weighted by Crippen LogP contribution is 2.20. The maximum absolute atomic E-state index is 13.7. The monoisotopic (exact) mass is 488 g/mol. The van der Waals surface area contributed by atoms with E-state index in [-0.39, 0.29) is 18.4 Å². The molecule has 0 unspecified atom stereocenters. The van der Waals surface area contributed by atoms with Crippen molar-refractivity contribution >= 4 is 11.8 Å². The fourth-order valence-corrected chi connectivity index (χ4v) is 3.88. The summed E-state index contributed by atoms with van der Waals surface area (Å²) >= 11 is 0. The summed E-state index contributed by atoms with van der Waals surface area (Å²) in [6.45, 7) is 7.92. The van der Waals surface area contributed by atoms with Crippen molar-refractivity contribution in [3.05, 3.63) is 95.6 Å². The number of benzene rings is 3. The Morgan fingerprint density at radius 3 is 2.11 bits per heavy atom. The Bertz CT molecular complexity index is 1140. The Morgan fingerprint density at radius 1 is 0.889 bits per heavy atom. The summed E-state index contributed by atoms with van der Waals surface area (Å²) in [7, 11) is 1.60. The molecule has 0 bridgehead atoms. The highest BCUT2D eigenvalue weighted by atomic mass is 16.5. The summed E-state index contributed by atoms with van der Waals surface area (Å²) in [5.74, 6) is 0.798. The van der Waals surface area contributed by atoms with Gasteiger partial charge in [-0.3, -0.25) is 9.59 Å². The highest BCUT2D eigenvalue weighted by Gasteiger charge is 2.32. The molecule has 36 heavy (non-hydrogen) atoms. The fraction of sp³-hybridized carbons (Fsp3) is 0.333. The Hall–Kier alpha value is -3.80. The molecule has 0 radical (unpaired) electrons. The lowest BCUT2D eigenvalue weighted by Gasteiger charge is -2.34. The number of ether oxygens (including phenoxy) is 2. The largest absolute Gasteiger partial charge is 0.497 e. The van der Waals surface area contributed by atoms with Crippen LogP contribution in [0.25, 0.3) is 0 Å². The quantitative estimate of drug-likeness (QED) is 0.439. The predicted octanol–water partition coefficient (Wildman–Crippen LogP) is 4.94. The molecule has 0 fully saturated rings. The van der Waals surface area contributed by atoms with E-state index in [2.05, 4.69) is 5.32 Å². The Labute approximate surface area is 214 Å². The van der Waals surface area contributed by atoms with Crippen molar-refractivity contribution in [3.63, 3.8) is 0 Å². The molecule has 0 saturated carbocycles. The van der Waals surface area contributed by atoms with Gasteiger partial charge in [-0.1, -0.05) is 54.6 Å². The van der Waals surface area contributed by atoms with Gasteiger partial charge in [-0.05, 0) is 68.7 Å². The predicted molar refractivity (Wildman–Crippen MR) is 142 cm³/mol. The van der Waals surface area contributed by atoms with Crippen LogP contribution in [0.2, 0.25) is 0 Å². The number of nitrogens with one attached hydrogen (secondary N) is 1. The van der Waals surface area contributed by atoms with Gasteiger partial charge in [0.15, 0.2) is 6.61 Å². The molecular weight excluding hydrogens is 452 g/mol. The van der Waals surface area contributed by atoms with Crippen LogP contribution in [-0.2, 0) is 22.6 Å². The molecule has 3 aromatic rings. The molecule has 3 aromatic carbocycles. The first-order valence-corrected chi connectivity index (χ1v) is 12.1. The average Bonchev–Trinajstić information content (AvgIpc) is 2.85.